The second kappa shape index (κ2) is 5.51. The summed E-state index contributed by atoms with van der Waals surface area (Å²) in [6.45, 7) is -0.406. The van der Waals surface area contributed by atoms with E-state index in [0.717, 1.165) is 0 Å². The highest BCUT2D eigenvalue weighted by molar-refractivity contribution is 7.71. The Balaban J connectivity index is 2.15. The Hall–Kier alpha value is -0.670. The van der Waals surface area contributed by atoms with Gasteiger partial charge in [-0.15, -0.1) is 0 Å². The lowest BCUT2D eigenvalue weighted by Gasteiger charge is -2.17. The molecular formula is C12H12Cl2N2O4S. The largest absolute Gasteiger partial charge is 0.394 e. The van der Waals surface area contributed by atoms with Gasteiger partial charge in [0, 0.05) is 0 Å². The fourth-order valence-corrected chi connectivity index (χ4v) is 3.10. The van der Waals surface area contributed by atoms with Gasteiger partial charge in [0.15, 0.2) is 11.0 Å². The van der Waals surface area contributed by atoms with Gasteiger partial charge < -0.3 is 25.0 Å². The molecule has 21 heavy (non-hydrogen) atoms. The lowest BCUT2D eigenvalue weighted by atomic mass is 10.1. The number of hydrogen-bond acceptors (Lipinski definition) is 5. The van der Waals surface area contributed by atoms with Crippen LogP contribution in [-0.4, -0.2) is 49.8 Å². The van der Waals surface area contributed by atoms with E-state index in [1.165, 1.54) is 4.57 Å². The number of nitrogens with zero attached hydrogens (tertiary/aromatic N) is 1. The van der Waals surface area contributed by atoms with Crippen LogP contribution in [0.25, 0.3) is 11.0 Å². The van der Waals surface area contributed by atoms with Crippen molar-refractivity contribution < 1.29 is 20.1 Å². The van der Waals surface area contributed by atoms with Crippen molar-refractivity contribution >= 4 is 46.5 Å². The molecular weight excluding hydrogens is 339 g/mol. The maximum atomic E-state index is 10.1. The molecule has 1 saturated heterocycles. The van der Waals surface area contributed by atoms with E-state index in [1.54, 1.807) is 12.1 Å². The SMILES string of the molecule is OC[C@H]1O[C@H](n2c(=S)[nH]c3cc(Cl)c(Cl)cc32)[C@@H](O)[C@H]1O. The van der Waals surface area contributed by atoms with Crippen molar-refractivity contribution in [3.05, 3.63) is 26.9 Å². The summed E-state index contributed by atoms with van der Waals surface area (Å²) in [6.07, 6.45) is -4.22. The van der Waals surface area contributed by atoms with E-state index in [0.29, 0.717) is 21.1 Å². The number of aliphatic hydroxyl groups is 3. The Morgan fingerprint density at radius 3 is 2.52 bits per heavy atom. The standard InChI is InChI=1S/C12H12Cl2N2O4S/c13-4-1-6-7(2-5(4)14)16(12(21)15-6)11-10(19)9(18)8(3-17)20-11/h1-2,8-11,17-19H,3H2,(H,15,21)/t8-,9+,10+,11+/m1/s1. The minimum atomic E-state index is -1.22. The Morgan fingerprint density at radius 1 is 1.24 bits per heavy atom. The van der Waals surface area contributed by atoms with Gasteiger partial charge in [0.25, 0.3) is 0 Å². The van der Waals surface area contributed by atoms with Crippen molar-refractivity contribution in [1.29, 1.82) is 0 Å². The first kappa shape index (κ1) is 15.2. The Labute approximate surface area is 134 Å². The van der Waals surface area contributed by atoms with Crippen LogP contribution in [0.2, 0.25) is 10.0 Å². The molecule has 0 unspecified atom stereocenters. The van der Waals surface area contributed by atoms with Crippen LogP contribution in [0.1, 0.15) is 6.23 Å². The Bertz CT molecular complexity index is 747. The number of aromatic nitrogens is 2. The minimum absolute atomic E-state index is 0.290. The summed E-state index contributed by atoms with van der Waals surface area (Å²) in [6, 6.07) is 3.22. The van der Waals surface area contributed by atoms with Crippen molar-refractivity contribution in [2.75, 3.05) is 6.61 Å². The van der Waals surface area contributed by atoms with Crippen molar-refractivity contribution in [2.45, 2.75) is 24.5 Å². The van der Waals surface area contributed by atoms with E-state index in [1.807, 2.05) is 0 Å². The highest BCUT2D eigenvalue weighted by atomic mass is 35.5. The van der Waals surface area contributed by atoms with Crippen LogP contribution < -0.4 is 0 Å². The van der Waals surface area contributed by atoms with E-state index in [-0.39, 0.29) is 4.77 Å². The smallest absolute Gasteiger partial charge is 0.180 e. The van der Waals surface area contributed by atoms with Gasteiger partial charge in [-0.1, -0.05) is 23.2 Å². The maximum Gasteiger partial charge on any atom is 0.180 e. The second-order valence-electron chi connectivity index (χ2n) is 4.81. The quantitative estimate of drug-likeness (QED) is 0.618. The molecule has 1 aromatic heterocycles. The van der Waals surface area contributed by atoms with E-state index in [4.69, 9.17) is 45.3 Å². The molecule has 4 N–H and O–H groups in total. The van der Waals surface area contributed by atoms with Crippen LogP contribution >= 0.6 is 35.4 Å². The number of ether oxygens (including phenoxy) is 1. The molecule has 1 aliphatic rings. The molecule has 4 atom stereocenters. The predicted octanol–water partition coefficient (Wildman–Crippen LogP) is 1.62. The fourth-order valence-electron chi connectivity index (χ4n) is 2.47. The first-order valence-corrected chi connectivity index (χ1v) is 7.32. The normalized spacial score (nSPS) is 29.4. The number of aromatic amines is 1. The first-order chi connectivity index (χ1) is 9.93. The average Bonchev–Trinajstić information content (AvgIpc) is 2.89. The molecule has 2 heterocycles. The zero-order chi connectivity index (χ0) is 15.3. The third-order valence-corrected chi connectivity index (χ3v) is 4.55. The number of aliphatic hydroxyl groups excluding tert-OH is 3. The number of benzene rings is 1. The third kappa shape index (κ3) is 2.39. The van der Waals surface area contributed by atoms with Crippen molar-refractivity contribution in [1.82, 2.24) is 9.55 Å². The van der Waals surface area contributed by atoms with Gasteiger partial charge in [0.1, 0.15) is 18.3 Å². The fraction of sp³-hybridized carbons (Fsp3) is 0.417. The van der Waals surface area contributed by atoms with Crippen molar-refractivity contribution in [3.8, 4) is 0 Å². The van der Waals surface area contributed by atoms with E-state index < -0.39 is 31.1 Å². The monoisotopic (exact) mass is 350 g/mol. The zero-order valence-corrected chi connectivity index (χ0v) is 12.9. The van der Waals surface area contributed by atoms with Crippen LogP contribution in [0.15, 0.2) is 12.1 Å². The molecule has 0 amide bonds. The van der Waals surface area contributed by atoms with Crippen LogP contribution in [0.3, 0.4) is 0 Å². The molecule has 1 aliphatic heterocycles. The Morgan fingerprint density at radius 2 is 1.90 bits per heavy atom. The number of nitrogens with one attached hydrogen (secondary N) is 1. The minimum Gasteiger partial charge on any atom is -0.394 e. The highest BCUT2D eigenvalue weighted by Crippen LogP contribution is 2.34. The van der Waals surface area contributed by atoms with Gasteiger partial charge in [-0.25, -0.2) is 0 Å². The lowest BCUT2D eigenvalue weighted by Crippen LogP contribution is -2.33. The molecule has 114 valence electrons. The van der Waals surface area contributed by atoms with Crippen LogP contribution in [0.4, 0.5) is 0 Å². The summed E-state index contributed by atoms with van der Waals surface area (Å²) in [5, 5.41) is 29.8. The Kier molecular flexibility index (Phi) is 4.00. The van der Waals surface area contributed by atoms with Crippen LogP contribution in [0, 0.1) is 4.77 Å². The first-order valence-electron chi connectivity index (χ1n) is 6.15. The number of imidazole rings is 1. The molecule has 3 rings (SSSR count). The molecule has 0 bridgehead atoms. The third-order valence-electron chi connectivity index (χ3n) is 3.53. The second-order valence-corrected chi connectivity index (χ2v) is 6.01. The topological polar surface area (TPSA) is 90.6 Å². The molecule has 6 nitrogen and oxygen atoms in total. The lowest BCUT2D eigenvalue weighted by molar-refractivity contribution is -0.0514. The van der Waals surface area contributed by atoms with Gasteiger partial charge in [0.05, 0.1) is 27.7 Å². The number of rotatable bonds is 2. The highest BCUT2D eigenvalue weighted by Gasteiger charge is 2.44. The molecule has 2 aromatic rings. The molecule has 0 saturated carbocycles. The summed E-state index contributed by atoms with van der Waals surface area (Å²) in [5.74, 6) is 0. The van der Waals surface area contributed by atoms with Crippen LogP contribution in [0.5, 0.6) is 0 Å². The van der Waals surface area contributed by atoms with E-state index in [2.05, 4.69) is 4.98 Å². The number of halogens is 2. The summed E-state index contributed by atoms with van der Waals surface area (Å²) in [7, 11) is 0. The molecule has 0 spiro atoms. The molecule has 0 aliphatic carbocycles. The summed E-state index contributed by atoms with van der Waals surface area (Å²) < 4.78 is 7.29. The zero-order valence-electron chi connectivity index (χ0n) is 10.5. The predicted molar refractivity (Wildman–Crippen MR) is 80.2 cm³/mol. The van der Waals surface area contributed by atoms with Gasteiger partial charge in [-0.2, -0.15) is 0 Å². The number of fused-ring (bicyclic) bond motifs is 1. The number of H-pyrrole nitrogens is 1. The molecule has 1 fully saturated rings. The van der Waals surface area contributed by atoms with Crippen LogP contribution in [-0.2, 0) is 4.74 Å². The summed E-state index contributed by atoms with van der Waals surface area (Å²) in [5.41, 5.74) is 1.22. The summed E-state index contributed by atoms with van der Waals surface area (Å²) >= 11 is 17.2. The molecule has 1 aromatic carbocycles. The summed E-state index contributed by atoms with van der Waals surface area (Å²) in [4.78, 5) is 2.94. The molecule has 9 heteroatoms. The van der Waals surface area contributed by atoms with Crippen molar-refractivity contribution in [2.24, 2.45) is 0 Å². The molecule has 0 radical (unpaired) electrons. The van der Waals surface area contributed by atoms with Gasteiger partial charge >= 0.3 is 0 Å². The van der Waals surface area contributed by atoms with Gasteiger partial charge in [0.2, 0.25) is 0 Å². The number of hydrogen-bond donors (Lipinski definition) is 4. The average molecular weight is 351 g/mol. The van der Waals surface area contributed by atoms with Crippen molar-refractivity contribution in [3.63, 3.8) is 0 Å². The van der Waals surface area contributed by atoms with E-state index in [9.17, 15) is 10.2 Å². The van der Waals surface area contributed by atoms with Gasteiger partial charge in [-0.05, 0) is 24.4 Å². The van der Waals surface area contributed by atoms with E-state index >= 15 is 0 Å². The maximum absolute atomic E-state index is 10.1. The van der Waals surface area contributed by atoms with Gasteiger partial charge in [-0.3, -0.25) is 4.57 Å².